The fourth-order valence-corrected chi connectivity index (χ4v) is 3.89. The summed E-state index contributed by atoms with van der Waals surface area (Å²) in [6.45, 7) is 11.8. The molecule has 1 saturated heterocycles. The van der Waals surface area contributed by atoms with Crippen LogP contribution in [0, 0.1) is 26.7 Å². The Bertz CT molecular complexity index is 866. The Kier molecular flexibility index (Phi) is 6.40. The van der Waals surface area contributed by atoms with Crippen molar-refractivity contribution in [3.8, 4) is 5.75 Å². The van der Waals surface area contributed by atoms with Crippen LogP contribution in [0.15, 0.2) is 18.2 Å². The molecule has 1 amide bonds. The molecular weight excluding hydrogens is 364 g/mol. The maximum Gasteiger partial charge on any atom is 0.227 e. The summed E-state index contributed by atoms with van der Waals surface area (Å²) in [5.74, 6) is 2.06. The van der Waals surface area contributed by atoms with Crippen LogP contribution in [-0.4, -0.2) is 36.1 Å². The molecule has 3 rings (SSSR count). The Balaban J connectivity index is 1.66. The molecule has 2 heterocycles. The van der Waals surface area contributed by atoms with Crippen molar-refractivity contribution in [1.82, 2.24) is 9.97 Å². The third kappa shape index (κ3) is 4.86. The summed E-state index contributed by atoms with van der Waals surface area (Å²) in [6.07, 6.45) is 1.60. The molecule has 6 nitrogen and oxygen atoms in total. The number of ether oxygens (including phenoxy) is 1. The average molecular weight is 397 g/mol. The maximum absolute atomic E-state index is 12.9. The van der Waals surface area contributed by atoms with Gasteiger partial charge in [-0.2, -0.15) is 0 Å². The van der Waals surface area contributed by atoms with Crippen molar-refractivity contribution in [3.05, 3.63) is 40.7 Å². The first-order valence-corrected chi connectivity index (χ1v) is 10.3. The molecule has 1 aliphatic rings. The lowest BCUT2D eigenvalue weighted by Gasteiger charge is -2.31. The van der Waals surface area contributed by atoms with Gasteiger partial charge in [0.1, 0.15) is 5.75 Å². The SMILES string of the molecule is COc1cc(C)c(NC(=O)C2CCN(c3nc(C)cc(C)n3)CC2)cc1C(C)C. The largest absolute Gasteiger partial charge is 0.496 e. The number of aryl methyl sites for hydroxylation is 3. The summed E-state index contributed by atoms with van der Waals surface area (Å²) >= 11 is 0. The molecular formula is C23H32N4O2. The van der Waals surface area contributed by atoms with E-state index in [-0.39, 0.29) is 11.8 Å². The monoisotopic (exact) mass is 396 g/mol. The minimum absolute atomic E-state index is 0.00107. The molecule has 0 saturated carbocycles. The van der Waals surface area contributed by atoms with Gasteiger partial charge in [0.05, 0.1) is 7.11 Å². The van der Waals surface area contributed by atoms with Gasteiger partial charge >= 0.3 is 0 Å². The van der Waals surface area contributed by atoms with E-state index < -0.39 is 0 Å². The number of anilines is 2. The Morgan fingerprint density at radius 3 is 2.28 bits per heavy atom. The molecule has 156 valence electrons. The van der Waals surface area contributed by atoms with Crippen molar-refractivity contribution < 1.29 is 9.53 Å². The van der Waals surface area contributed by atoms with Crippen LogP contribution in [0.2, 0.25) is 0 Å². The number of piperidine rings is 1. The van der Waals surface area contributed by atoms with Crippen LogP contribution >= 0.6 is 0 Å². The summed E-state index contributed by atoms with van der Waals surface area (Å²) in [7, 11) is 1.69. The molecule has 6 heteroatoms. The molecule has 1 aromatic carbocycles. The lowest BCUT2D eigenvalue weighted by atomic mass is 9.95. The molecule has 1 aliphatic heterocycles. The minimum atomic E-state index is 0.00107. The van der Waals surface area contributed by atoms with Gasteiger partial charge in [0.25, 0.3) is 0 Å². The van der Waals surface area contributed by atoms with Crippen LogP contribution in [0.5, 0.6) is 5.75 Å². The van der Waals surface area contributed by atoms with E-state index in [0.29, 0.717) is 5.92 Å². The summed E-state index contributed by atoms with van der Waals surface area (Å²) < 4.78 is 5.50. The number of carbonyl (C=O) groups excluding carboxylic acids is 1. The molecule has 0 aliphatic carbocycles. The van der Waals surface area contributed by atoms with Crippen LogP contribution < -0.4 is 15.0 Å². The predicted octanol–water partition coefficient (Wildman–Crippen LogP) is 4.39. The van der Waals surface area contributed by atoms with Crippen LogP contribution in [0.25, 0.3) is 0 Å². The normalized spacial score (nSPS) is 14.9. The van der Waals surface area contributed by atoms with Crippen LogP contribution in [0.4, 0.5) is 11.6 Å². The molecule has 29 heavy (non-hydrogen) atoms. The highest BCUT2D eigenvalue weighted by molar-refractivity contribution is 5.93. The molecule has 0 bridgehead atoms. The van der Waals surface area contributed by atoms with E-state index in [1.54, 1.807) is 7.11 Å². The highest BCUT2D eigenvalue weighted by atomic mass is 16.5. The van der Waals surface area contributed by atoms with Gasteiger partial charge in [0, 0.05) is 36.1 Å². The number of rotatable bonds is 5. The number of methoxy groups -OCH3 is 1. The second-order valence-corrected chi connectivity index (χ2v) is 8.27. The highest BCUT2D eigenvalue weighted by Gasteiger charge is 2.27. The topological polar surface area (TPSA) is 67.3 Å². The number of hydrogen-bond acceptors (Lipinski definition) is 5. The Morgan fingerprint density at radius 2 is 1.72 bits per heavy atom. The van der Waals surface area contributed by atoms with E-state index in [1.807, 2.05) is 32.9 Å². The molecule has 0 spiro atoms. The van der Waals surface area contributed by atoms with Crippen molar-refractivity contribution in [3.63, 3.8) is 0 Å². The average Bonchev–Trinajstić information content (AvgIpc) is 2.68. The van der Waals surface area contributed by atoms with Crippen molar-refractivity contribution >= 4 is 17.5 Å². The van der Waals surface area contributed by atoms with Gasteiger partial charge in [0.2, 0.25) is 11.9 Å². The highest BCUT2D eigenvalue weighted by Crippen LogP contribution is 2.32. The first-order valence-electron chi connectivity index (χ1n) is 10.3. The Labute approximate surface area is 173 Å². The molecule has 1 aromatic heterocycles. The van der Waals surface area contributed by atoms with E-state index in [9.17, 15) is 4.79 Å². The minimum Gasteiger partial charge on any atom is -0.496 e. The predicted molar refractivity (Wildman–Crippen MR) is 117 cm³/mol. The third-order valence-corrected chi connectivity index (χ3v) is 5.58. The standard InChI is InChI=1S/C23H32N4O2/c1-14(2)19-13-20(15(3)11-21(19)29-6)26-22(28)18-7-9-27(10-8-18)23-24-16(4)12-17(5)25-23/h11-14,18H,7-10H2,1-6H3,(H,26,28). The Hall–Kier alpha value is -2.63. The molecule has 1 N–H and O–H groups in total. The van der Waals surface area contributed by atoms with Gasteiger partial charge in [-0.1, -0.05) is 13.8 Å². The van der Waals surface area contributed by atoms with E-state index in [4.69, 9.17) is 4.74 Å². The quantitative estimate of drug-likeness (QED) is 0.812. The Morgan fingerprint density at radius 1 is 1.10 bits per heavy atom. The first kappa shape index (κ1) is 21.1. The van der Waals surface area contributed by atoms with Crippen LogP contribution in [0.1, 0.15) is 55.1 Å². The van der Waals surface area contributed by atoms with E-state index in [1.165, 1.54) is 0 Å². The van der Waals surface area contributed by atoms with Crippen molar-refractivity contribution in [1.29, 1.82) is 0 Å². The number of carbonyl (C=O) groups is 1. The number of aromatic nitrogens is 2. The first-order chi connectivity index (χ1) is 13.8. The van der Waals surface area contributed by atoms with E-state index in [2.05, 4.69) is 40.1 Å². The zero-order valence-corrected chi connectivity index (χ0v) is 18.4. The molecule has 2 aromatic rings. The summed E-state index contributed by atoms with van der Waals surface area (Å²) in [4.78, 5) is 24.2. The van der Waals surface area contributed by atoms with Gasteiger partial charge < -0.3 is 15.0 Å². The van der Waals surface area contributed by atoms with E-state index >= 15 is 0 Å². The summed E-state index contributed by atoms with van der Waals surface area (Å²) in [6, 6.07) is 6.03. The zero-order valence-electron chi connectivity index (χ0n) is 18.4. The molecule has 0 atom stereocenters. The number of benzene rings is 1. The lowest BCUT2D eigenvalue weighted by molar-refractivity contribution is -0.120. The molecule has 0 radical (unpaired) electrons. The van der Waals surface area contributed by atoms with Gasteiger partial charge in [-0.15, -0.1) is 0 Å². The second kappa shape index (κ2) is 8.80. The van der Waals surface area contributed by atoms with Crippen molar-refractivity contribution in [2.24, 2.45) is 5.92 Å². The van der Waals surface area contributed by atoms with Crippen molar-refractivity contribution in [2.75, 3.05) is 30.4 Å². The van der Waals surface area contributed by atoms with Gasteiger partial charge in [-0.05, 0) is 68.9 Å². The second-order valence-electron chi connectivity index (χ2n) is 8.27. The van der Waals surface area contributed by atoms with E-state index in [0.717, 1.165) is 65.8 Å². The zero-order chi connectivity index (χ0) is 21.1. The van der Waals surface area contributed by atoms with Crippen LogP contribution in [-0.2, 0) is 4.79 Å². The van der Waals surface area contributed by atoms with Gasteiger partial charge in [-0.25, -0.2) is 9.97 Å². The summed E-state index contributed by atoms with van der Waals surface area (Å²) in [5.41, 5.74) is 4.95. The van der Waals surface area contributed by atoms with Gasteiger partial charge in [0.15, 0.2) is 0 Å². The fourth-order valence-electron chi connectivity index (χ4n) is 3.89. The number of nitrogens with zero attached hydrogens (tertiary/aromatic N) is 3. The fraction of sp³-hybridized carbons (Fsp3) is 0.522. The number of nitrogens with one attached hydrogen (secondary N) is 1. The third-order valence-electron chi connectivity index (χ3n) is 5.58. The number of amides is 1. The lowest BCUT2D eigenvalue weighted by Crippen LogP contribution is -2.39. The van der Waals surface area contributed by atoms with Gasteiger partial charge in [-0.3, -0.25) is 4.79 Å². The maximum atomic E-state index is 12.9. The molecule has 0 unspecified atom stereocenters. The number of hydrogen-bond donors (Lipinski definition) is 1. The van der Waals surface area contributed by atoms with Crippen LogP contribution in [0.3, 0.4) is 0 Å². The summed E-state index contributed by atoms with van der Waals surface area (Å²) in [5, 5.41) is 3.16. The smallest absolute Gasteiger partial charge is 0.227 e. The molecule has 1 fully saturated rings. The van der Waals surface area contributed by atoms with Crippen molar-refractivity contribution in [2.45, 2.75) is 53.4 Å².